The average molecular weight is 254 g/mol. The van der Waals surface area contributed by atoms with E-state index in [-0.39, 0.29) is 12.8 Å². The van der Waals surface area contributed by atoms with Crippen LogP contribution in [0.3, 0.4) is 0 Å². The second-order valence-electron chi connectivity index (χ2n) is 3.62. The quantitative estimate of drug-likeness (QED) is 0.785. The Morgan fingerprint density at radius 2 is 1.28 bits per heavy atom. The topological polar surface area (TPSA) is 93.1 Å². The zero-order valence-corrected chi connectivity index (χ0v) is 10.1. The van der Waals surface area contributed by atoms with E-state index in [1.165, 1.54) is 26.4 Å². The van der Waals surface area contributed by atoms with Crippen molar-refractivity contribution >= 4 is 11.9 Å². The normalized spacial score (nSPS) is 9.89. The van der Waals surface area contributed by atoms with Crippen molar-refractivity contribution in [2.75, 3.05) is 14.2 Å². The molecule has 1 aromatic rings. The van der Waals surface area contributed by atoms with E-state index in [2.05, 4.69) is 0 Å². The van der Waals surface area contributed by atoms with Crippen molar-refractivity contribution in [3.05, 3.63) is 23.3 Å². The number of benzene rings is 1. The van der Waals surface area contributed by atoms with Crippen LogP contribution in [0.15, 0.2) is 12.1 Å². The minimum Gasteiger partial charge on any atom is -0.493 e. The third-order valence-corrected chi connectivity index (χ3v) is 2.39. The van der Waals surface area contributed by atoms with Crippen LogP contribution in [0, 0.1) is 0 Å². The lowest BCUT2D eigenvalue weighted by Crippen LogP contribution is -2.09. The van der Waals surface area contributed by atoms with Gasteiger partial charge in [0.2, 0.25) is 0 Å². The van der Waals surface area contributed by atoms with Gasteiger partial charge in [-0.1, -0.05) is 0 Å². The van der Waals surface area contributed by atoms with Gasteiger partial charge in [-0.2, -0.15) is 0 Å². The lowest BCUT2D eigenvalue weighted by atomic mass is 10.0. The molecule has 0 amide bonds. The van der Waals surface area contributed by atoms with Crippen molar-refractivity contribution in [1.82, 2.24) is 0 Å². The highest BCUT2D eigenvalue weighted by atomic mass is 16.5. The number of aliphatic carboxylic acids is 2. The molecule has 0 aliphatic carbocycles. The smallest absolute Gasteiger partial charge is 0.307 e. The van der Waals surface area contributed by atoms with E-state index in [0.717, 1.165) is 0 Å². The fourth-order valence-corrected chi connectivity index (χ4v) is 1.62. The first-order valence-electron chi connectivity index (χ1n) is 5.15. The van der Waals surface area contributed by atoms with Gasteiger partial charge >= 0.3 is 11.9 Å². The van der Waals surface area contributed by atoms with Crippen LogP contribution >= 0.6 is 0 Å². The van der Waals surface area contributed by atoms with Crippen LogP contribution in [0.5, 0.6) is 11.5 Å². The van der Waals surface area contributed by atoms with Crippen molar-refractivity contribution in [2.45, 2.75) is 12.8 Å². The minimum atomic E-state index is -1.03. The highest BCUT2D eigenvalue weighted by molar-refractivity contribution is 5.75. The molecule has 0 heterocycles. The Bertz CT molecular complexity index is 423. The molecule has 0 unspecified atom stereocenters. The molecule has 1 aromatic carbocycles. The number of methoxy groups -OCH3 is 2. The molecular weight excluding hydrogens is 240 g/mol. The minimum absolute atomic E-state index is 0.261. The van der Waals surface area contributed by atoms with E-state index in [1.54, 1.807) is 0 Å². The molecule has 0 aliphatic rings. The summed E-state index contributed by atoms with van der Waals surface area (Å²) in [5.41, 5.74) is 0.810. The zero-order chi connectivity index (χ0) is 13.7. The molecule has 0 aliphatic heterocycles. The van der Waals surface area contributed by atoms with Crippen LogP contribution in [0.1, 0.15) is 11.1 Å². The van der Waals surface area contributed by atoms with E-state index in [4.69, 9.17) is 19.7 Å². The number of carbonyl (C=O) groups is 2. The summed E-state index contributed by atoms with van der Waals surface area (Å²) in [7, 11) is 2.86. The third-order valence-electron chi connectivity index (χ3n) is 2.39. The number of carboxylic acids is 2. The Kier molecular flexibility index (Phi) is 4.53. The summed E-state index contributed by atoms with van der Waals surface area (Å²) < 4.78 is 10.1. The van der Waals surface area contributed by atoms with Crippen LogP contribution in [0.4, 0.5) is 0 Å². The fourth-order valence-electron chi connectivity index (χ4n) is 1.62. The summed E-state index contributed by atoms with van der Waals surface area (Å²) in [4.78, 5) is 21.5. The molecule has 18 heavy (non-hydrogen) atoms. The Labute approximate surface area is 104 Å². The molecule has 1 rings (SSSR count). The molecular formula is C12H14O6. The van der Waals surface area contributed by atoms with E-state index in [1.807, 2.05) is 0 Å². The van der Waals surface area contributed by atoms with Crippen molar-refractivity contribution in [2.24, 2.45) is 0 Å². The number of hydrogen-bond acceptors (Lipinski definition) is 4. The summed E-state index contributed by atoms with van der Waals surface area (Å²) >= 11 is 0. The first-order valence-corrected chi connectivity index (χ1v) is 5.15. The third kappa shape index (κ3) is 3.38. The van der Waals surface area contributed by atoms with Crippen molar-refractivity contribution in [3.63, 3.8) is 0 Å². The van der Waals surface area contributed by atoms with Gasteiger partial charge in [0.25, 0.3) is 0 Å². The molecule has 0 fully saturated rings. The zero-order valence-electron chi connectivity index (χ0n) is 10.1. The Balaban J connectivity index is 3.25. The lowest BCUT2D eigenvalue weighted by molar-refractivity contribution is -0.137. The fraction of sp³-hybridized carbons (Fsp3) is 0.333. The first-order chi connectivity index (χ1) is 8.47. The van der Waals surface area contributed by atoms with Crippen LogP contribution in [-0.2, 0) is 22.4 Å². The Hall–Kier alpha value is -2.24. The van der Waals surface area contributed by atoms with E-state index in [0.29, 0.717) is 22.6 Å². The van der Waals surface area contributed by atoms with Crippen molar-refractivity contribution in [1.29, 1.82) is 0 Å². The van der Waals surface area contributed by atoms with Gasteiger partial charge in [-0.15, -0.1) is 0 Å². The summed E-state index contributed by atoms with van der Waals surface area (Å²) in [6, 6.07) is 2.98. The molecule has 0 saturated heterocycles. The number of carboxylic acid groups (broad SMARTS) is 2. The van der Waals surface area contributed by atoms with E-state index in [9.17, 15) is 9.59 Å². The van der Waals surface area contributed by atoms with Crippen LogP contribution < -0.4 is 9.47 Å². The second kappa shape index (κ2) is 5.90. The standard InChI is InChI=1S/C12H14O6/c1-17-9-3-7(5-11(13)14)8(6-12(15)16)4-10(9)18-2/h3-4H,5-6H2,1-2H3,(H,13,14)(H,15,16). The van der Waals surface area contributed by atoms with E-state index >= 15 is 0 Å². The molecule has 98 valence electrons. The molecule has 0 atom stereocenters. The van der Waals surface area contributed by atoms with Gasteiger partial charge in [0.05, 0.1) is 27.1 Å². The first kappa shape index (κ1) is 13.8. The molecule has 0 bridgehead atoms. The van der Waals surface area contributed by atoms with Crippen LogP contribution in [0.2, 0.25) is 0 Å². The molecule has 6 nitrogen and oxygen atoms in total. The predicted octanol–water partition coefficient (Wildman–Crippen LogP) is 0.958. The number of ether oxygens (including phenoxy) is 2. The molecule has 0 radical (unpaired) electrons. The summed E-state index contributed by atoms with van der Waals surface area (Å²) in [5.74, 6) is -1.31. The van der Waals surface area contributed by atoms with E-state index < -0.39 is 11.9 Å². The summed E-state index contributed by atoms with van der Waals surface area (Å²) in [6.45, 7) is 0. The largest absolute Gasteiger partial charge is 0.493 e. The Morgan fingerprint density at radius 1 is 0.944 bits per heavy atom. The predicted molar refractivity (Wildman–Crippen MR) is 62.2 cm³/mol. The second-order valence-corrected chi connectivity index (χ2v) is 3.62. The van der Waals surface area contributed by atoms with Crippen LogP contribution in [0.25, 0.3) is 0 Å². The number of rotatable bonds is 6. The van der Waals surface area contributed by atoms with Gasteiger partial charge in [0.1, 0.15) is 0 Å². The highest BCUT2D eigenvalue weighted by Gasteiger charge is 2.15. The molecule has 2 N–H and O–H groups in total. The van der Waals surface area contributed by atoms with Crippen molar-refractivity contribution in [3.8, 4) is 11.5 Å². The van der Waals surface area contributed by atoms with Gasteiger partial charge < -0.3 is 19.7 Å². The SMILES string of the molecule is COc1cc(CC(=O)O)c(CC(=O)O)cc1OC. The molecule has 0 saturated carbocycles. The molecule has 0 aromatic heterocycles. The highest BCUT2D eigenvalue weighted by Crippen LogP contribution is 2.31. The maximum Gasteiger partial charge on any atom is 0.307 e. The van der Waals surface area contributed by atoms with Gasteiger partial charge in [-0.3, -0.25) is 9.59 Å². The number of hydrogen-bond donors (Lipinski definition) is 2. The van der Waals surface area contributed by atoms with Crippen LogP contribution in [-0.4, -0.2) is 36.4 Å². The summed E-state index contributed by atoms with van der Waals surface area (Å²) in [6.07, 6.45) is -0.522. The maximum absolute atomic E-state index is 10.7. The monoisotopic (exact) mass is 254 g/mol. The summed E-state index contributed by atoms with van der Waals surface area (Å²) in [5, 5.41) is 17.6. The van der Waals surface area contributed by atoms with Crippen molar-refractivity contribution < 1.29 is 29.3 Å². The Morgan fingerprint density at radius 3 is 1.50 bits per heavy atom. The lowest BCUT2D eigenvalue weighted by Gasteiger charge is -2.13. The average Bonchev–Trinajstić information content (AvgIpc) is 2.29. The molecule has 0 spiro atoms. The van der Waals surface area contributed by atoms with Gasteiger partial charge in [0, 0.05) is 0 Å². The van der Waals surface area contributed by atoms with Gasteiger partial charge in [-0.25, -0.2) is 0 Å². The maximum atomic E-state index is 10.7. The van der Waals surface area contributed by atoms with Gasteiger partial charge in [0.15, 0.2) is 11.5 Å². The molecule has 6 heteroatoms. The van der Waals surface area contributed by atoms with Gasteiger partial charge in [-0.05, 0) is 23.3 Å².